The average molecular weight is 157 g/mol. The summed E-state index contributed by atoms with van der Waals surface area (Å²) >= 11 is 0. The topological polar surface area (TPSA) is 18.5 Å². The van der Waals surface area contributed by atoms with Crippen molar-refractivity contribution in [2.45, 2.75) is 39.4 Å². The quantitative estimate of drug-likeness (QED) is 0.625. The molecular formula is C9H17O2. The molecule has 0 saturated carbocycles. The Hall–Kier alpha value is -0.0800. The van der Waals surface area contributed by atoms with Gasteiger partial charge in [0.25, 0.3) is 0 Å². The maximum atomic E-state index is 5.49. The monoisotopic (exact) mass is 157 g/mol. The molecule has 2 heteroatoms. The van der Waals surface area contributed by atoms with Crippen LogP contribution in [0.1, 0.15) is 33.1 Å². The van der Waals surface area contributed by atoms with Crippen LogP contribution in [-0.2, 0) is 9.47 Å². The average Bonchev–Trinajstić information content (AvgIpc) is 2.03. The molecular weight excluding hydrogens is 140 g/mol. The van der Waals surface area contributed by atoms with Gasteiger partial charge in [-0.1, -0.05) is 13.8 Å². The van der Waals surface area contributed by atoms with Crippen LogP contribution >= 0.6 is 0 Å². The summed E-state index contributed by atoms with van der Waals surface area (Å²) in [6, 6.07) is 0. The Balaban J connectivity index is 2.05. The predicted octanol–water partition coefficient (Wildman–Crippen LogP) is 2.14. The zero-order valence-electron chi connectivity index (χ0n) is 7.43. The second kappa shape index (κ2) is 4.73. The van der Waals surface area contributed by atoms with Crippen LogP contribution in [0.3, 0.4) is 0 Å². The highest BCUT2D eigenvalue weighted by Gasteiger charge is 2.13. The standard InChI is InChI=1S/C9H17O2/c1-8(2)7-11-9-5-3-4-6-10-9/h9H,3-7H2,1-2H3. The Morgan fingerprint density at radius 2 is 2.27 bits per heavy atom. The van der Waals surface area contributed by atoms with Crippen LogP contribution in [0.15, 0.2) is 0 Å². The molecule has 0 aliphatic carbocycles. The second-order valence-corrected chi connectivity index (χ2v) is 3.31. The summed E-state index contributed by atoms with van der Waals surface area (Å²) in [5.74, 6) is 1.30. The van der Waals surface area contributed by atoms with Gasteiger partial charge in [-0.25, -0.2) is 0 Å². The minimum atomic E-state index is 0.0682. The molecule has 1 heterocycles. The maximum absolute atomic E-state index is 5.49. The minimum Gasteiger partial charge on any atom is -0.353 e. The smallest absolute Gasteiger partial charge is 0.157 e. The Labute approximate surface area is 68.9 Å². The maximum Gasteiger partial charge on any atom is 0.157 e. The summed E-state index contributed by atoms with van der Waals surface area (Å²) in [4.78, 5) is 0. The first-order chi connectivity index (χ1) is 5.29. The first-order valence-electron chi connectivity index (χ1n) is 4.31. The van der Waals surface area contributed by atoms with Gasteiger partial charge in [0.05, 0.1) is 6.61 Å². The zero-order chi connectivity index (χ0) is 8.10. The summed E-state index contributed by atoms with van der Waals surface area (Å²) in [6.07, 6.45) is 3.56. The van der Waals surface area contributed by atoms with Crippen molar-refractivity contribution in [3.63, 3.8) is 0 Å². The van der Waals surface area contributed by atoms with Gasteiger partial charge in [-0.15, -0.1) is 0 Å². The molecule has 1 atom stereocenters. The molecule has 1 fully saturated rings. The van der Waals surface area contributed by atoms with Crippen molar-refractivity contribution in [1.82, 2.24) is 0 Å². The van der Waals surface area contributed by atoms with E-state index in [1.54, 1.807) is 0 Å². The lowest BCUT2D eigenvalue weighted by molar-refractivity contribution is -0.159. The van der Waals surface area contributed by atoms with Gasteiger partial charge in [0.15, 0.2) is 6.29 Å². The van der Waals surface area contributed by atoms with Crippen molar-refractivity contribution >= 4 is 0 Å². The fourth-order valence-electron chi connectivity index (χ4n) is 1.10. The van der Waals surface area contributed by atoms with Gasteiger partial charge in [-0.05, 0) is 25.2 Å². The number of hydrogen-bond donors (Lipinski definition) is 0. The summed E-state index contributed by atoms with van der Waals surface area (Å²) in [5.41, 5.74) is 0. The van der Waals surface area contributed by atoms with Gasteiger partial charge >= 0.3 is 0 Å². The van der Waals surface area contributed by atoms with Crippen molar-refractivity contribution in [1.29, 1.82) is 0 Å². The fourth-order valence-corrected chi connectivity index (χ4v) is 1.10. The number of rotatable bonds is 3. The van der Waals surface area contributed by atoms with E-state index in [2.05, 4.69) is 13.8 Å². The van der Waals surface area contributed by atoms with Crippen LogP contribution in [0.5, 0.6) is 0 Å². The summed E-state index contributed by atoms with van der Waals surface area (Å²) in [5, 5.41) is 0. The van der Waals surface area contributed by atoms with Crippen LogP contribution < -0.4 is 0 Å². The molecule has 1 rings (SSSR count). The Kier molecular flexibility index (Phi) is 3.87. The molecule has 1 unspecified atom stereocenters. The lowest BCUT2D eigenvalue weighted by Crippen LogP contribution is -2.23. The van der Waals surface area contributed by atoms with Gasteiger partial charge in [0.2, 0.25) is 0 Å². The van der Waals surface area contributed by atoms with E-state index < -0.39 is 0 Å². The van der Waals surface area contributed by atoms with E-state index in [0.717, 1.165) is 19.6 Å². The lowest BCUT2D eigenvalue weighted by atomic mass is 10.2. The van der Waals surface area contributed by atoms with E-state index >= 15 is 0 Å². The van der Waals surface area contributed by atoms with Crippen LogP contribution in [0.4, 0.5) is 0 Å². The first kappa shape index (κ1) is 9.01. The molecule has 0 amide bonds. The molecule has 0 aromatic rings. The molecule has 2 nitrogen and oxygen atoms in total. The third kappa shape index (κ3) is 3.73. The van der Waals surface area contributed by atoms with Gasteiger partial charge in [-0.3, -0.25) is 0 Å². The third-order valence-corrected chi connectivity index (χ3v) is 1.70. The summed E-state index contributed by atoms with van der Waals surface area (Å²) in [7, 11) is 0. The Bertz CT molecular complexity index is 95.7. The molecule has 0 spiro atoms. The lowest BCUT2D eigenvalue weighted by Gasteiger charge is -2.23. The number of hydrogen-bond acceptors (Lipinski definition) is 2. The van der Waals surface area contributed by atoms with Crippen molar-refractivity contribution in [2.75, 3.05) is 13.2 Å². The predicted molar refractivity (Wildman–Crippen MR) is 44.1 cm³/mol. The van der Waals surface area contributed by atoms with Crippen molar-refractivity contribution < 1.29 is 9.47 Å². The van der Waals surface area contributed by atoms with Crippen molar-refractivity contribution in [3.8, 4) is 0 Å². The molecule has 1 radical (unpaired) electrons. The molecule has 0 aromatic heterocycles. The molecule has 1 saturated heterocycles. The van der Waals surface area contributed by atoms with Gasteiger partial charge < -0.3 is 9.47 Å². The molecule has 0 bridgehead atoms. The van der Waals surface area contributed by atoms with E-state index in [0.29, 0.717) is 0 Å². The van der Waals surface area contributed by atoms with E-state index in [1.165, 1.54) is 18.8 Å². The van der Waals surface area contributed by atoms with Crippen molar-refractivity contribution in [2.24, 2.45) is 0 Å². The Morgan fingerprint density at radius 1 is 1.45 bits per heavy atom. The van der Waals surface area contributed by atoms with Crippen molar-refractivity contribution in [3.05, 3.63) is 5.92 Å². The molecule has 1 aliphatic heterocycles. The van der Waals surface area contributed by atoms with Crippen LogP contribution in [0, 0.1) is 5.92 Å². The van der Waals surface area contributed by atoms with Crippen LogP contribution in [-0.4, -0.2) is 19.5 Å². The molecule has 11 heavy (non-hydrogen) atoms. The minimum absolute atomic E-state index is 0.0682. The fraction of sp³-hybridized carbons (Fsp3) is 0.889. The zero-order valence-corrected chi connectivity index (χ0v) is 7.43. The highest BCUT2D eigenvalue weighted by Crippen LogP contribution is 2.14. The van der Waals surface area contributed by atoms with E-state index in [-0.39, 0.29) is 6.29 Å². The molecule has 65 valence electrons. The van der Waals surface area contributed by atoms with Gasteiger partial charge in [0.1, 0.15) is 0 Å². The largest absolute Gasteiger partial charge is 0.353 e. The first-order valence-corrected chi connectivity index (χ1v) is 4.31. The molecule has 0 aromatic carbocycles. The van der Waals surface area contributed by atoms with Gasteiger partial charge in [-0.2, -0.15) is 0 Å². The van der Waals surface area contributed by atoms with Gasteiger partial charge in [0, 0.05) is 6.61 Å². The number of ether oxygens (including phenoxy) is 2. The molecule has 0 N–H and O–H groups in total. The molecule has 1 aliphatic rings. The third-order valence-electron chi connectivity index (χ3n) is 1.70. The Morgan fingerprint density at radius 3 is 2.82 bits per heavy atom. The second-order valence-electron chi connectivity index (χ2n) is 3.31. The van der Waals surface area contributed by atoms with Crippen LogP contribution in [0.2, 0.25) is 0 Å². The SMILES string of the molecule is C[C](C)COC1CCCCO1. The van der Waals surface area contributed by atoms with E-state index in [4.69, 9.17) is 9.47 Å². The van der Waals surface area contributed by atoms with Crippen LogP contribution in [0.25, 0.3) is 0 Å². The summed E-state index contributed by atoms with van der Waals surface area (Å²) in [6.45, 7) is 5.75. The highest BCUT2D eigenvalue weighted by molar-refractivity contribution is 4.75. The normalized spacial score (nSPS) is 25.9. The van der Waals surface area contributed by atoms with E-state index in [1.807, 2.05) is 0 Å². The summed E-state index contributed by atoms with van der Waals surface area (Å²) < 4.78 is 10.9. The van der Waals surface area contributed by atoms with E-state index in [9.17, 15) is 0 Å². The highest BCUT2D eigenvalue weighted by atomic mass is 16.7.